The molecule has 5 nitrogen and oxygen atoms in total. The molecule has 0 unspecified atom stereocenters. The van der Waals surface area contributed by atoms with Gasteiger partial charge in [0.15, 0.2) is 0 Å². The highest BCUT2D eigenvalue weighted by Gasteiger charge is 2.08. The molecule has 15 heavy (non-hydrogen) atoms. The smallest absolute Gasteiger partial charge is 0.239 e. The van der Waals surface area contributed by atoms with Crippen molar-refractivity contribution in [2.45, 2.75) is 13.8 Å². The fourth-order valence-electron chi connectivity index (χ4n) is 0.853. The third-order valence-electron chi connectivity index (χ3n) is 1.83. The number of rotatable bonds is 6. The zero-order valence-corrected chi connectivity index (χ0v) is 9.96. The Morgan fingerprint density at radius 3 is 2.27 bits per heavy atom. The van der Waals surface area contributed by atoms with Crippen molar-refractivity contribution in [3.63, 3.8) is 0 Å². The molecule has 0 aromatic heterocycles. The van der Waals surface area contributed by atoms with Crippen molar-refractivity contribution >= 4 is 11.8 Å². The number of hydrogen-bond acceptors (Lipinski definition) is 3. The molecule has 2 amide bonds. The molecule has 0 aliphatic rings. The van der Waals surface area contributed by atoms with E-state index in [0.29, 0.717) is 6.54 Å². The number of amides is 2. The van der Waals surface area contributed by atoms with Gasteiger partial charge >= 0.3 is 0 Å². The quantitative estimate of drug-likeness (QED) is 0.624. The van der Waals surface area contributed by atoms with Gasteiger partial charge in [-0.05, 0) is 14.1 Å². The topological polar surface area (TPSA) is 61.4 Å². The van der Waals surface area contributed by atoms with Gasteiger partial charge in [0.05, 0.1) is 6.54 Å². The van der Waals surface area contributed by atoms with Gasteiger partial charge in [-0.3, -0.25) is 9.59 Å². The van der Waals surface area contributed by atoms with E-state index in [9.17, 15) is 9.59 Å². The lowest BCUT2D eigenvalue weighted by Gasteiger charge is -2.11. The molecule has 0 spiro atoms. The van der Waals surface area contributed by atoms with Gasteiger partial charge in [-0.1, -0.05) is 13.8 Å². The van der Waals surface area contributed by atoms with Gasteiger partial charge in [0.25, 0.3) is 0 Å². The Hall–Kier alpha value is -1.10. The van der Waals surface area contributed by atoms with Crippen LogP contribution in [-0.2, 0) is 9.59 Å². The summed E-state index contributed by atoms with van der Waals surface area (Å²) in [6.45, 7) is 5.04. The second-order valence-corrected chi connectivity index (χ2v) is 4.03. The summed E-state index contributed by atoms with van der Waals surface area (Å²) in [4.78, 5) is 24.3. The Morgan fingerprint density at radius 2 is 1.80 bits per heavy atom. The Bertz CT molecular complexity index is 215. The predicted octanol–water partition coefficient (Wildman–Crippen LogP) is -0.564. The average molecular weight is 215 g/mol. The summed E-state index contributed by atoms with van der Waals surface area (Å²) in [5.74, 6) is -0.330. The first kappa shape index (κ1) is 13.9. The molecule has 0 rings (SSSR count). The molecule has 0 fully saturated rings. The van der Waals surface area contributed by atoms with Gasteiger partial charge in [0.2, 0.25) is 11.8 Å². The van der Waals surface area contributed by atoms with Crippen LogP contribution in [0.5, 0.6) is 0 Å². The largest absolute Gasteiger partial charge is 0.353 e. The van der Waals surface area contributed by atoms with Crippen molar-refractivity contribution in [3.8, 4) is 0 Å². The van der Waals surface area contributed by atoms with Crippen molar-refractivity contribution in [3.05, 3.63) is 0 Å². The normalized spacial score (nSPS) is 10.5. The lowest BCUT2D eigenvalue weighted by molar-refractivity contribution is -0.127. The fourth-order valence-corrected chi connectivity index (χ4v) is 0.853. The summed E-state index contributed by atoms with van der Waals surface area (Å²) >= 11 is 0. The van der Waals surface area contributed by atoms with Gasteiger partial charge in [0, 0.05) is 19.0 Å². The van der Waals surface area contributed by atoms with E-state index in [1.165, 1.54) is 0 Å². The van der Waals surface area contributed by atoms with Crippen LogP contribution in [-0.4, -0.2) is 50.4 Å². The number of carbonyl (C=O) groups excluding carboxylic acids is 2. The Morgan fingerprint density at radius 1 is 1.20 bits per heavy atom. The number of carbonyl (C=O) groups is 2. The number of nitrogens with zero attached hydrogens (tertiary/aromatic N) is 1. The van der Waals surface area contributed by atoms with E-state index in [-0.39, 0.29) is 24.3 Å². The lowest BCUT2D eigenvalue weighted by Crippen LogP contribution is -2.40. The van der Waals surface area contributed by atoms with Gasteiger partial charge in [-0.2, -0.15) is 0 Å². The van der Waals surface area contributed by atoms with Gasteiger partial charge < -0.3 is 15.5 Å². The average Bonchev–Trinajstić information content (AvgIpc) is 2.13. The molecule has 0 aromatic carbocycles. The minimum atomic E-state index is -0.147. The van der Waals surface area contributed by atoms with Crippen molar-refractivity contribution in [1.29, 1.82) is 0 Å². The molecule has 0 bridgehead atoms. The summed E-state index contributed by atoms with van der Waals surface area (Å²) in [6, 6.07) is 0. The highest BCUT2D eigenvalue weighted by Crippen LogP contribution is 1.89. The molecule has 0 heterocycles. The van der Waals surface area contributed by atoms with Crippen molar-refractivity contribution in [1.82, 2.24) is 15.5 Å². The first-order valence-corrected chi connectivity index (χ1v) is 5.12. The van der Waals surface area contributed by atoms with E-state index in [1.807, 2.05) is 19.0 Å². The standard InChI is InChI=1S/C10H21N3O2/c1-8(2)10(15)12-7-9(14)11-5-6-13(3)4/h8H,5-7H2,1-4H3,(H,11,14)(H,12,15). The molecule has 88 valence electrons. The summed E-state index contributed by atoms with van der Waals surface area (Å²) < 4.78 is 0. The third kappa shape index (κ3) is 7.93. The van der Waals surface area contributed by atoms with Gasteiger partial charge in [-0.15, -0.1) is 0 Å². The number of likely N-dealkylation sites (N-methyl/N-ethyl adjacent to an activating group) is 1. The van der Waals surface area contributed by atoms with Crippen molar-refractivity contribution < 1.29 is 9.59 Å². The van der Waals surface area contributed by atoms with Crippen molar-refractivity contribution in [2.75, 3.05) is 33.7 Å². The minimum Gasteiger partial charge on any atom is -0.353 e. The van der Waals surface area contributed by atoms with E-state index in [2.05, 4.69) is 10.6 Å². The summed E-state index contributed by atoms with van der Waals surface area (Å²) in [7, 11) is 3.87. The van der Waals surface area contributed by atoms with Crippen LogP contribution in [0.1, 0.15) is 13.8 Å². The first-order chi connectivity index (χ1) is 6.93. The maximum Gasteiger partial charge on any atom is 0.239 e. The van der Waals surface area contributed by atoms with Crippen molar-refractivity contribution in [2.24, 2.45) is 5.92 Å². The number of hydrogen-bond donors (Lipinski definition) is 2. The summed E-state index contributed by atoms with van der Waals surface area (Å²) in [5, 5.41) is 5.27. The molecule has 0 saturated carbocycles. The maximum atomic E-state index is 11.2. The molecule has 0 saturated heterocycles. The molecule has 5 heteroatoms. The fraction of sp³-hybridized carbons (Fsp3) is 0.800. The molecule has 0 aliphatic carbocycles. The van der Waals surface area contributed by atoms with Crippen LogP contribution >= 0.6 is 0 Å². The highest BCUT2D eigenvalue weighted by atomic mass is 16.2. The second-order valence-electron chi connectivity index (χ2n) is 4.03. The van der Waals surface area contributed by atoms with E-state index in [1.54, 1.807) is 13.8 Å². The Labute approximate surface area is 91.2 Å². The minimum absolute atomic E-state index is 0.0600. The zero-order chi connectivity index (χ0) is 11.8. The monoisotopic (exact) mass is 215 g/mol. The van der Waals surface area contributed by atoms with Crippen LogP contribution in [0.4, 0.5) is 0 Å². The Balaban J connectivity index is 3.54. The predicted molar refractivity (Wildman–Crippen MR) is 59.4 cm³/mol. The second kappa shape index (κ2) is 7.23. The lowest BCUT2D eigenvalue weighted by atomic mass is 10.2. The maximum absolute atomic E-state index is 11.2. The van der Waals surface area contributed by atoms with Crippen LogP contribution in [0.15, 0.2) is 0 Å². The van der Waals surface area contributed by atoms with E-state index in [0.717, 1.165) is 6.54 Å². The molecule has 2 N–H and O–H groups in total. The Kier molecular flexibility index (Phi) is 6.70. The number of nitrogens with one attached hydrogen (secondary N) is 2. The molecule has 0 atom stereocenters. The van der Waals surface area contributed by atoms with Gasteiger partial charge in [0.1, 0.15) is 0 Å². The molecular weight excluding hydrogens is 194 g/mol. The van der Waals surface area contributed by atoms with Crippen LogP contribution < -0.4 is 10.6 Å². The summed E-state index contributed by atoms with van der Waals surface area (Å²) in [5.41, 5.74) is 0. The van der Waals surface area contributed by atoms with Crippen LogP contribution in [0.2, 0.25) is 0 Å². The first-order valence-electron chi connectivity index (χ1n) is 5.12. The van der Waals surface area contributed by atoms with Crippen LogP contribution in [0, 0.1) is 5.92 Å². The summed E-state index contributed by atoms with van der Waals surface area (Å²) in [6.07, 6.45) is 0. The van der Waals surface area contributed by atoms with E-state index >= 15 is 0 Å². The van der Waals surface area contributed by atoms with E-state index in [4.69, 9.17) is 0 Å². The third-order valence-corrected chi connectivity index (χ3v) is 1.83. The molecule has 0 aromatic rings. The van der Waals surface area contributed by atoms with Gasteiger partial charge in [-0.25, -0.2) is 0 Å². The zero-order valence-electron chi connectivity index (χ0n) is 9.96. The van der Waals surface area contributed by atoms with Crippen LogP contribution in [0.25, 0.3) is 0 Å². The molecule has 0 radical (unpaired) electrons. The SMILES string of the molecule is CC(C)C(=O)NCC(=O)NCCN(C)C. The van der Waals surface area contributed by atoms with E-state index < -0.39 is 0 Å². The molecular formula is C10H21N3O2. The highest BCUT2D eigenvalue weighted by molar-refractivity contribution is 5.85. The molecule has 0 aliphatic heterocycles. The van der Waals surface area contributed by atoms with Crippen LogP contribution in [0.3, 0.4) is 0 Å².